The lowest BCUT2D eigenvalue weighted by molar-refractivity contribution is -0.137. The van der Waals surface area contributed by atoms with Crippen molar-refractivity contribution >= 4 is 11.7 Å². The number of fused-ring (bicyclic) bond motifs is 1. The van der Waals surface area contributed by atoms with Gasteiger partial charge in [-0.25, -0.2) is 13.8 Å². The summed E-state index contributed by atoms with van der Waals surface area (Å²) < 4.78 is 32.6. The number of likely N-dealkylation sites (tertiary alicyclic amines) is 1. The second-order valence-corrected chi connectivity index (χ2v) is 7.32. The summed E-state index contributed by atoms with van der Waals surface area (Å²) in [6.07, 6.45) is 6.09. The molecule has 1 aromatic carbocycles. The maximum Gasteiger partial charge on any atom is 0.229 e. The van der Waals surface area contributed by atoms with E-state index in [-0.39, 0.29) is 23.8 Å². The first-order valence-corrected chi connectivity index (χ1v) is 9.45. The number of nitrogens with zero attached hydrogens (tertiary/aromatic N) is 3. The number of nitrogens with one attached hydrogen (secondary N) is 1. The van der Waals surface area contributed by atoms with Crippen LogP contribution in [0.2, 0.25) is 0 Å². The summed E-state index contributed by atoms with van der Waals surface area (Å²) in [4.78, 5) is 23.1. The average molecular weight is 388 g/mol. The number of amides is 1. The van der Waals surface area contributed by atoms with Crippen molar-refractivity contribution in [3.63, 3.8) is 0 Å². The molecule has 0 saturated carbocycles. The summed E-state index contributed by atoms with van der Waals surface area (Å²) in [5.74, 6) is -1.46. The average Bonchev–Trinajstić information content (AvgIpc) is 2.71. The molecule has 0 radical (unpaired) electrons. The van der Waals surface area contributed by atoms with Gasteiger partial charge in [-0.05, 0) is 30.5 Å². The van der Waals surface area contributed by atoms with E-state index >= 15 is 0 Å². The van der Waals surface area contributed by atoms with Gasteiger partial charge >= 0.3 is 0 Å². The summed E-state index contributed by atoms with van der Waals surface area (Å²) >= 11 is 0. The number of halogens is 2. The number of rotatable bonds is 4. The summed E-state index contributed by atoms with van der Waals surface area (Å²) in [6, 6.07) is 3.98. The third-order valence-corrected chi connectivity index (χ3v) is 5.50. The van der Waals surface area contributed by atoms with Crippen LogP contribution in [0.3, 0.4) is 0 Å². The van der Waals surface area contributed by atoms with E-state index in [1.54, 1.807) is 12.3 Å². The minimum atomic E-state index is -0.844. The predicted molar refractivity (Wildman–Crippen MR) is 98.3 cm³/mol. The number of hydrogen-bond donors (Lipinski definition) is 1. The van der Waals surface area contributed by atoms with E-state index in [4.69, 9.17) is 4.74 Å². The first-order valence-electron chi connectivity index (χ1n) is 9.45. The van der Waals surface area contributed by atoms with E-state index in [1.165, 1.54) is 18.5 Å². The molecule has 0 bridgehead atoms. The summed E-state index contributed by atoms with van der Waals surface area (Å²) in [6.45, 7) is 2.53. The lowest BCUT2D eigenvalue weighted by Gasteiger charge is -2.44. The van der Waals surface area contributed by atoms with Crippen molar-refractivity contribution < 1.29 is 18.3 Å². The highest BCUT2D eigenvalue weighted by Gasteiger charge is 2.41. The van der Waals surface area contributed by atoms with E-state index in [2.05, 4.69) is 20.2 Å². The van der Waals surface area contributed by atoms with Gasteiger partial charge in [-0.2, -0.15) is 0 Å². The van der Waals surface area contributed by atoms with E-state index < -0.39 is 11.6 Å². The lowest BCUT2D eigenvalue weighted by Crippen LogP contribution is -2.52. The molecule has 6 nitrogen and oxygen atoms in total. The second kappa shape index (κ2) is 8.28. The molecule has 2 fully saturated rings. The Morgan fingerprint density at radius 3 is 2.93 bits per heavy atom. The van der Waals surface area contributed by atoms with Gasteiger partial charge < -0.3 is 10.1 Å². The number of piperidine rings is 1. The van der Waals surface area contributed by atoms with Crippen LogP contribution in [-0.4, -0.2) is 46.6 Å². The zero-order valence-electron chi connectivity index (χ0n) is 15.4. The number of ether oxygens (including phenoxy) is 1. The van der Waals surface area contributed by atoms with Gasteiger partial charge in [0.1, 0.15) is 0 Å². The van der Waals surface area contributed by atoms with Gasteiger partial charge in [-0.1, -0.05) is 6.07 Å². The minimum Gasteiger partial charge on any atom is -0.378 e. The van der Waals surface area contributed by atoms with Crippen molar-refractivity contribution in [2.24, 2.45) is 11.8 Å². The van der Waals surface area contributed by atoms with Gasteiger partial charge in [0.25, 0.3) is 0 Å². The fourth-order valence-electron chi connectivity index (χ4n) is 4.13. The highest BCUT2D eigenvalue weighted by molar-refractivity contribution is 5.91. The molecule has 1 N–H and O–H groups in total. The first kappa shape index (κ1) is 18.9. The van der Waals surface area contributed by atoms with Gasteiger partial charge in [-0.15, -0.1) is 0 Å². The number of benzene rings is 1. The molecule has 28 heavy (non-hydrogen) atoms. The van der Waals surface area contributed by atoms with Crippen molar-refractivity contribution in [2.75, 3.05) is 25.0 Å². The molecule has 0 aliphatic carbocycles. The van der Waals surface area contributed by atoms with Gasteiger partial charge in [0.05, 0.1) is 12.3 Å². The van der Waals surface area contributed by atoms with Crippen LogP contribution in [0, 0.1) is 23.5 Å². The van der Waals surface area contributed by atoms with Crippen molar-refractivity contribution in [2.45, 2.75) is 25.5 Å². The Morgan fingerprint density at radius 2 is 2.14 bits per heavy atom. The van der Waals surface area contributed by atoms with Gasteiger partial charge in [-0.3, -0.25) is 14.7 Å². The molecule has 4 rings (SSSR count). The Hall–Kier alpha value is -2.45. The van der Waals surface area contributed by atoms with Crippen molar-refractivity contribution in [1.82, 2.24) is 14.9 Å². The molecule has 2 aliphatic rings. The zero-order valence-corrected chi connectivity index (χ0v) is 15.4. The minimum absolute atomic E-state index is 0.0348. The summed E-state index contributed by atoms with van der Waals surface area (Å²) in [7, 11) is 0. The maximum atomic E-state index is 13.5. The Kier molecular flexibility index (Phi) is 5.59. The number of carbonyl (C=O) groups excluding carboxylic acids is 1. The number of aromatic nitrogens is 2. The van der Waals surface area contributed by atoms with E-state index in [0.29, 0.717) is 31.9 Å². The highest BCUT2D eigenvalue weighted by Crippen LogP contribution is 2.34. The van der Waals surface area contributed by atoms with Crippen LogP contribution in [0.4, 0.5) is 14.6 Å². The fraction of sp³-hybridized carbons (Fsp3) is 0.450. The van der Waals surface area contributed by atoms with Crippen LogP contribution >= 0.6 is 0 Å². The number of anilines is 1. The Morgan fingerprint density at radius 1 is 1.25 bits per heavy atom. The van der Waals surface area contributed by atoms with Crippen molar-refractivity contribution in [3.8, 4) is 0 Å². The fourth-order valence-corrected chi connectivity index (χ4v) is 4.13. The van der Waals surface area contributed by atoms with Crippen LogP contribution in [0.25, 0.3) is 0 Å². The van der Waals surface area contributed by atoms with Crippen LogP contribution in [0.1, 0.15) is 18.4 Å². The van der Waals surface area contributed by atoms with Crippen LogP contribution in [0.15, 0.2) is 36.8 Å². The molecule has 0 unspecified atom stereocenters. The van der Waals surface area contributed by atoms with Gasteiger partial charge in [0, 0.05) is 50.5 Å². The largest absolute Gasteiger partial charge is 0.378 e. The molecule has 2 aromatic rings. The van der Waals surface area contributed by atoms with E-state index in [0.717, 1.165) is 24.6 Å². The quantitative estimate of drug-likeness (QED) is 0.872. The standard InChI is InChI=1S/C20H22F2N4O2/c21-16-2-1-13(9-17(16)22)11-26-7-3-18-15(12-26)14(4-8-28-18)20(27)25-19-10-23-5-6-24-19/h1-2,5-6,9-10,14-15,18H,3-4,7-8,11-12H2,(H,24,25,27)/t14-,15-,18-/m1/s1. The monoisotopic (exact) mass is 388 g/mol. The summed E-state index contributed by atoms with van der Waals surface area (Å²) in [5.41, 5.74) is 0.717. The molecule has 1 amide bonds. The molecular weight excluding hydrogens is 366 g/mol. The van der Waals surface area contributed by atoms with Crippen LogP contribution in [-0.2, 0) is 16.1 Å². The Bertz CT molecular complexity index is 836. The molecule has 3 heterocycles. The SMILES string of the molecule is O=C(Nc1cnccn1)[C@@H]1CCO[C@@H]2CCN(Cc3ccc(F)c(F)c3)C[C@@H]21. The smallest absolute Gasteiger partial charge is 0.229 e. The predicted octanol–water partition coefficient (Wildman–Crippen LogP) is 2.62. The molecule has 2 saturated heterocycles. The topological polar surface area (TPSA) is 67.3 Å². The van der Waals surface area contributed by atoms with E-state index in [9.17, 15) is 13.6 Å². The van der Waals surface area contributed by atoms with E-state index in [1.807, 2.05) is 0 Å². The lowest BCUT2D eigenvalue weighted by atomic mass is 9.79. The number of carbonyl (C=O) groups is 1. The molecular formula is C20H22F2N4O2. The molecule has 148 valence electrons. The first-order chi connectivity index (χ1) is 13.6. The normalized spacial score (nSPS) is 25.1. The zero-order chi connectivity index (χ0) is 19.5. The van der Waals surface area contributed by atoms with Crippen molar-refractivity contribution in [1.29, 1.82) is 0 Å². The Labute approximate surface area is 161 Å². The molecule has 8 heteroatoms. The highest BCUT2D eigenvalue weighted by atomic mass is 19.2. The molecule has 1 aromatic heterocycles. The Balaban J connectivity index is 1.43. The third-order valence-electron chi connectivity index (χ3n) is 5.50. The maximum absolute atomic E-state index is 13.5. The van der Waals surface area contributed by atoms with Crippen molar-refractivity contribution in [3.05, 3.63) is 54.0 Å². The van der Waals surface area contributed by atoms with Gasteiger partial charge in [0.2, 0.25) is 5.91 Å². The number of hydrogen-bond acceptors (Lipinski definition) is 5. The molecule has 2 aliphatic heterocycles. The van der Waals surface area contributed by atoms with Crippen LogP contribution < -0.4 is 5.32 Å². The molecule has 3 atom stereocenters. The third kappa shape index (κ3) is 4.18. The summed E-state index contributed by atoms with van der Waals surface area (Å²) in [5, 5.41) is 2.85. The molecule has 0 spiro atoms. The second-order valence-electron chi connectivity index (χ2n) is 7.32. The van der Waals surface area contributed by atoms with Gasteiger partial charge in [0.15, 0.2) is 17.5 Å². The van der Waals surface area contributed by atoms with Crippen LogP contribution in [0.5, 0.6) is 0 Å².